The summed E-state index contributed by atoms with van der Waals surface area (Å²) in [6.07, 6.45) is 3.29. The Labute approximate surface area is 190 Å². The van der Waals surface area contributed by atoms with Crippen LogP contribution in [-0.2, 0) is 17.8 Å². The molecule has 4 rings (SSSR count). The van der Waals surface area contributed by atoms with Crippen molar-refractivity contribution in [2.75, 3.05) is 6.54 Å². The molecule has 1 aromatic heterocycles. The number of benzene rings is 2. The maximum Gasteiger partial charge on any atom is 0.240 e. The van der Waals surface area contributed by atoms with Gasteiger partial charge in [-0.15, -0.1) is 0 Å². The number of carbonyl (C=O) groups excluding carboxylic acids is 1. The maximum absolute atomic E-state index is 13.6. The van der Waals surface area contributed by atoms with Gasteiger partial charge in [-0.1, -0.05) is 60.7 Å². The summed E-state index contributed by atoms with van der Waals surface area (Å²) in [6, 6.07) is 24.1. The van der Waals surface area contributed by atoms with E-state index in [0.29, 0.717) is 19.5 Å². The molecule has 3 N–H and O–H groups in total. The van der Waals surface area contributed by atoms with Gasteiger partial charge < -0.3 is 16.0 Å². The summed E-state index contributed by atoms with van der Waals surface area (Å²) in [5.74, 6) is 0.122. The van der Waals surface area contributed by atoms with Crippen molar-refractivity contribution >= 4 is 5.91 Å². The first-order chi connectivity index (χ1) is 15.4. The fourth-order valence-corrected chi connectivity index (χ4v) is 4.36. The number of pyridine rings is 1. The minimum absolute atomic E-state index is 0.00275. The molecule has 1 saturated heterocycles. The second-order valence-electron chi connectivity index (χ2n) is 9.07. The fraction of sp³-hybridized carbons (Fsp3) is 0.333. The Kier molecular flexibility index (Phi) is 6.68. The van der Waals surface area contributed by atoms with E-state index >= 15 is 0 Å². The molecule has 2 aromatic carbocycles. The van der Waals surface area contributed by atoms with Gasteiger partial charge >= 0.3 is 0 Å². The van der Waals surface area contributed by atoms with Crippen LogP contribution in [-0.4, -0.2) is 40.0 Å². The fourth-order valence-electron chi connectivity index (χ4n) is 4.36. The van der Waals surface area contributed by atoms with Gasteiger partial charge in [-0.3, -0.25) is 9.78 Å². The van der Waals surface area contributed by atoms with Crippen LogP contribution in [0, 0.1) is 0 Å². The van der Waals surface area contributed by atoms with Crippen LogP contribution in [0.5, 0.6) is 0 Å². The molecule has 1 aliphatic rings. The third kappa shape index (κ3) is 4.90. The molecule has 0 spiro atoms. The summed E-state index contributed by atoms with van der Waals surface area (Å²) < 4.78 is 0. The molecule has 2 unspecified atom stereocenters. The summed E-state index contributed by atoms with van der Waals surface area (Å²) in [5, 5.41) is 3.53. The highest BCUT2D eigenvalue weighted by Crippen LogP contribution is 2.28. The van der Waals surface area contributed by atoms with Gasteiger partial charge in [-0.05, 0) is 49.9 Å². The number of likely N-dealkylation sites (tertiary alicyclic amines) is 1. The standard InChI is InChI=1S/C27H32N4O/c1-27(2)25(28)15-17-31(27)26(32)24(18-20-8-4-3-5-9-20)30-19-21-11-13-22(14-12-21)23-10-6-7-16-29-23/h3-14,16,24-25,30H,15,17-19,28H2,1-2H3. The number of hydrogen-bond acceptors (Lipinski definition) is 4. The van der Waals surface area contributed by atoms with Gasteiger partial charge in [0.1, 0.15) is 0 Å². The number of carbonyl (C=O) groups is 1. The quantitative estimate of drug-likeness (QED) is 0.601. The topological polar surface area (TPSA) is 71.2 Å². The van der Waals surface area contributed by atoms with Gasteiger partial charge in [0.25, 0.3) is 0 Å². The lowest BCUT2D eigenvalue weighted by Gasteiger charge is -2.37. The van der Waals surface area contributed by atoms with Gasteiger partial charge in [0.2, 0.25) is 5.91 Å². The minimum Gasteiger partial charge on any atom is -0.335 e. The number of nitrogens with zero attached hydrogens (tertiary/aromatic N) is 2. The van der Waals surface area contributed by atoms with Gasteiger partial charge in [-0.2, -0.15) is 0 Å². The predicted octanol–water partition coefficient (Wildman–Crippen LogP) is 3.79. The van der Waals surface area contributed by atoms with Gasteiger partial charge in [-0.25, -0.2) is 0 Å². The van der Waals surface area contributed by atoms with Crippen LogP contribution in [0.3, 0.4) is 0 Å². The summed E-state index contributed by atoms with van der Waals surface area (Å²) in [4.78, 5) is 19.9. The van der Waals surface area contributed by atoms with Crippen LogP contribution in [0.15, 0.2) is 79.0 Å². The van der Waals surface area contributed by atoms with E-state index in [1.54, 1.807) is 6.20 Å². The normalized spacial score (nSPS) is 18.5. The zero-order chi connectivity index (χ0) is 22.6. The molecule has 32 heavy (non-hydrogen) atoms. The largest absolute Gasteiger partial charge is 0.335 e. The first kappa shape index (κ1) is 22.2. The molecule has 1 aliphatic heterocycles. The lowest BCUT2D eigenvalue weighted by molar-refractivity contribution is -0.136. The molecule has 0 aliphatic carbocycles. The summed E-state index contributed by atoms with van der Waals surface area (Å²) >= 11 is 0. The molecule has 5 nitrogen and oxygen atoms in total. The Balaban J connectivity index is 1.48. The van der Waals surface area contributed by atoms with Crippen LogP contribution >= 0.6 is 0 Å². The number of rotatable bonds is 7. The van der Waals surface area contributed by atoms with Crippen LogP contribution in [0.2, 0.25) is 0 Å². The van der Waals surface area contributed by atoms with E-state index in [-0.39, 0.29) is 23.5 Å². The second-order valence-corrected chi connectivity index (χ2v) is 9.07. The van der Waals surface area contributed by atoms with Crippen molar-refractivity contribution in [3.05, 3.63) is 90.1 Å². The number of amides is 1. The van der Waals surface area contributed by atoms with Crippen LogP contribution in [0.25, 0.3) is 11.3 Å². The molecule has 0 bridgehead atoms. The van der Waals surface area contributed by atoms with E-state index in [2.05, 4.69) is 60.5 Å². The molecular formula is C27H32N4O. The Hall–Kier alpha value is -3.02. The first-order valence-corrected chi connectivity index (χ1v) is 11.3. The highest BCUT2D eigenvalue weighted by molar-refractivity contribution is 5.83. The average Bonchev–Trinajstić information content (AvgIpc) is 3.10. The van der Waals surface area contributed by atoms with Crippen molar-refractivity contribution in [1.29, 1.82) is 0 Å². The summed E-state index contributed by atoms with van der Waals surface area (Å²) in [6.45, 7) is 5.46. The van der Waals surface area contributed by atoms with Crippen LogP contribution in [0.4, 0.5) is 0 Å². The number of aromatic nitrogens is 1. The van der Waals surface area contributed by atoms with Crippen LogP contribution in [0.1, 0.15) is 31.4 Å². The molecule has 3 aromatic rings. The van der Waals surface area contributed by atoms with E-state index in [9.17, 15) is 4.79 Å². The third-order valence-corrected chi connectivity index (χ3v) is 6.58. The monoisotopic (exact) mass is 428 g/mol. The van der Waals surface area contributed by atoms with Crippen molar-refractivity contribution < 1.29 is 4.79 Å². The Bertz CT molecular complexity index is 1020. The molecule has 0 radical (unpaired) electrons. The lowest BCUT2D eigenvalue weighted by Crippen LogP contribution is -2.56. The van der Waals surface area contributed by atoms with Crippen molar-refractivity contribution in [3.63, 3.8) is 0 Å². The van der Waals surface area contributed by atoms with Gasteiger partial charge in [0, 0.05) is 30.9 Å². The number of hydrogen-bond donors (Lipinski definition) is 2. The highest BCUT2D eigenvalue weighted by atomic mass is 16.2. The lowest BCUT2D eigenvalue weighted by atomic mass is 9.95. The molecule has 1 fully saturated rings. The van der Waals surface area contributed by atoms with E-state index in [4.69, 9.17) is 5.73 Å². The average molecular weight is 429 g/mol. The summed E-state index contributed by atoms with van der Waals surface area (Å²) in [5.41, 5.74) is 10.3. The van der Waals surface area contributed by atoms with Gasteiger partial charge in [0.15, 0.2) is 0 Å². The maximum atomic E-state index is 13.6. The van der Waals surface area contributed by atoms with Gasteiger partial charge in [0.05, 0.1) is 17.3 Å². The van der Waals surface area contributed by atoms with Crippen molar-refractivity contribution in [2.24, 2.45) is 5.73 Å². The number of nitrogens with two attached hydrogens (primary N) is 1. The molecule has 1 amide bonds. The smallest absolute Gasteiger partial charge is 0.240 e. The van der Waals surface area contributed by atoms with E-state index in [1.807, 2.05) is 41.3 Å². The second kappa shape index (κ2) is 9.63. The molecular weight excluding hydrogens is 396 g/mol. The van der Waals surface area contributed by atoms with Crippen LogP contribution < -0.4 is 11.1 Å². The van der Waals surface area contributed by atoms with E-state index in [1.165, 1.54) is 0 Å². The van der Waals surface area contributed by atoms with Crippen molar-refractivity contribution in [1.82, 2.24) is 15.2 Å². The van der Waals surface area contributed by atoms with E-state index in [0.717, 1.165) is 28.8 Å². The molecule has 5 heteroatoms. The third-order valence-electron chi connectivity index (χ3n) is 6.58. The zero-order valence-corrected chi connectivity index (χ0v) is 18.9. The molecule has 166 valence electrons. The predicted molar refractivity (Wildman–Crippen MR) is 129 cm³/mol. The highest BCUT2D eigenvalue weighted by Gasteiger charge is 2.43. The number of nitrogens with one attached hydrogen (secondary N) is 1. The SMILES string of the molecule is CC1(C)C(N)CCN1C(=O)C(Cc1ccccc1)NCc1ccc(-c2ccccn2)cc1. The molecule has 2 heterocycles. The Morgan fingerprint density at radius 1 is 1.06 bits per heavy atom. The van der Waals surface area contributed by atoms with Crippen molar-refractivity contribution in [3.8, 4) is 11.3 Å². The summed E-state index contributed by atoms with van der Waals surface area (Å²) in [7, 11) is 0. The first-order valence-electron chi connectivity index (χ1n) is 11.3. The van der Waals surface area contributed by atoms with Crippen molar-refractivity contribution in [2.45, 2.75) is 50.9 Å². The minimum atomic E-state index is -0.335. The molecule has 2 atom stereocenters. The zero-order valence-electron chi connectivity index (χ0n) is 18.9. The molecule has 0 saturated carbocycles. The Morgan fingerprint density at radius 2 is 1.78 bits per heavy atom. The van der Waals surface area contributed by atoms with E-state index < -0.39 is 0 Å². The Morgan fingerprint density at radius 3 is 2.41 bits per heavy atom.